The molecule has 0 radical (unpaired) electrons. The first-order chi connectivity index (χ1) is 5.65. The normalized spacial score (nSPS) is 13.0. The average molecular weight is 205 g/mol. The van der Waals surface area contributed by atoms with E-state index in [1.54, 1.807) is 19.2 Å². The number of hydrogen-bond donors (Lipinski definition) is 0. The van der Waals surface area contributed by atoms with E-state index in [2.05, 4.69) is 0 Å². The fourth-order valence-corrected chi connectivity index (χ4v) is 1.52. The van der Waals surface area contributed by atoms with E-state index in [4.69, 9.17) is 27.9 Å². The van der Waals surface area contributed by atoms with E-state index in [0.29, 0.717) is 10.0 Å². The summed E-state index contributed by atoms with van der Waals surface area (Å²) < 4.78 is 5.13. The molecule has 0 saturated heterocycles. The van der Waals surface area contributed by atoms with Crippen LogP contribution in [-0.2, 0) is 4.74 Å². The fourth-order valence-electron chi connectivity index (χ4n) is 0.958. The van der Waals surface area contributed by atoms with Gasteiger partial charge in [0.25, 0.3) is 0 Å². The van der Waals surface area contributed by atoms with E-state index in [0.717, 1.165) is 5.56 Å². The van der Waals surface area contributed by atoms with Crippen molar-refractivity contribution in [3.8, 4) is 0 Å². The molecule has 1 nitrogen and oxygen atoms in total. The topological polar surface area (TPSA) is 9.23 Å². The SMILES string of the molecule is COC(C)c1ccc(Cl)cc1Cl. The zero-order valence-corrected chi connectivity index (χ0v) is 8.49. The zero-order valence-electron chi connectivity index (χ0n) is 6.97. The van der Waals surface area contributed by atoms with Gasteiger partial charge in [-0.15, -0.1) is 0 Å². The van der Waals surface area contributed by atoms with Crippen molar-refractivity contribution in [3.05, 3.63) is 33.8 Å². The van der Waals surface area contributed by atoms with Gasteiger partial charge in [0.05, 0.1) is 6.10 Å². The van der Waals surface area contributed by atoms with Crippen LogP contribution in [0.2, 0.25) is 10.0 Å². The molecule has 0 saturated carbocycles. The summed E-state index contributed by atoms with van der Waals surface area (Å²) in [5.74, 6) is 0. The molecule has 0 fully saturated rings. The van der Waals surface area contributed by atoms with Crippen molar-refractivity contribution in [3.63, 3.8) is 0 Å². The molecule has 0 aliphatic heterocycles. The molecule has 0 aliphatic carbocycles. The second-order valence-electron chi connectivity index (χ2n) is 2.54. The first-order valence-electron chi connectivity index (χ1n) is 3.63. The first-order valence-corrected chi connectivity index (χ1v) is 4.38. The van der Waals surface area contributed by atoms with E-state index in [-0.39, 0.29) is 6.10 Å². The highest BCUT2D eigenvalue weighted by Gasteiger charge is 2.07. The minimum Gasteiger partial charge on any atom is -0.377 e. The highest BCUT2D eigenvalue weighted by atomic mass is 35.5. The Hall–Kier alpha value is -0.240. The fraction of sp³-hybridized carbons (Fsp3) is 0.333. The molecule has 66 valence electrons. The van der Waals surface area contributed by atoms with Gasteiger partial charge in [-0.05, 0) is 24.6 Å². The lowest BCUT2D eigenvalue weighted by molar-refractivity contribution is 0.119. The predicted octanol–water partition coefficient (Wildman–Crippen LogP) is 3.70. The molecule has 0 amide bonds. The quantitative estimate of drug-likeness (QED) is 0.715. The number of hydrogen-bond acceptors (Lipinski definition) is 1. The molecule has 1 rings (SSSR count). The maximum absolute atomic E-state index is 5.94. The third-order valence-corrected chi connectivity index (χ3v) is 2.32. The molecule has 1 aromatic carbocycles. The summed E-state index contributed by atoms with van der Waals surface area (Å²) in [6.45, 7) is 1.94. The predicted molar refractivity (Wildman–Crippen MR) is 51.9 cm³/mol. The number of methoxy groups -OCH3 is 1. The first kappa shape index (κ1) is 9.85. The van der Waals surface area contributed by atoms with Crippen LogP contribution in [0, 0.1) is 0 Å². The van der Waals surface area contributed by atoms with E-state index in [9.17, 15) is 0 Å². The van der Waals surface area contributed by atoms with Crippen molar-refractivity contribution in [1.29, 1.82) is 0 Å². The van der Waals surface area contributed by atoms with Gasteiger partial charge in [-0.2, -0.15) is 0 Å². The van der Waals surface area contributed by atoms with Crippen LogP contribution in [0.15, 0.2) is 18.2 Å². The van der Waals surface area contributed by atoms with Crippen LogP contribution in [0.3, 0.4) is 0 Å². The zero-order chi connectivity index (χ0) is 9.14. The molecule has 1 unspecified atom stereocenters. The van der Waals surface area contributed by atoms with Gasteiger partial charge in [0, 0.05) is 17.2 Å². The standard InChI is InChI=1S/C9H10Cl2O/c1-6(12-2)8-4-3-7(10)5-9(8)11/h3-6H,1-2H3. The molecular formula is C9H10Cl2O. The summed E-state index contributed by atoms with van der Waals surface area (Å²) in [5, 5.41) is 1.30. The molecule has 0 heterocycles. The van der Waals surface area contributed by atoms with Gasteiger partial charge in [0.1, 0.15) is 0 Å². The Kier molecular flexibility index (Phi) is 3.39. The smallest absolute Gasteiger partial charge is 0.0807 e. The number of halogens is 2. The van der Waals surface area contributed by atoms with Crippen molar-refractivity contribution in [1.82, 2.24) is 0 Å². The molecule has 1 atom stereocenters. The summed E-state index contributed by atoms with van der Waals surface area (Å²) in [7, 11) is 1.65. The lowest BCUT2D eigenvalue weighted by atomic mass is 10.1. The molecule has 0 bridgehead atoms. The largest absolute Gasteiger partial charge is 0.377 e. The van der Waals surface area contributed by atoms with Crippen molar-refractivity contribution in [2.75, 3.05) is 7.11 Å². The van der Waals surface area contributed by atoms with Crippen LogP contribution in [0.25, 0.3) is 0 Å². The lowest BCUT2D eigenvalue weighted by Crippen LogP contribution is -1.96. The van der Waals surface area contributed by atoms with Crippen LogP contribution >= 0.6 is 23.2 Å². The van der Waals surface area contributed by atoms with Gasteiger partial charge in [-0.1, -0.05) is 29.3 Å². The highest BCUT2D eigenvalue weighted by Crippen LogP contribution is 2.27. The maximum Gasteiger partial charge on any atom is 0.0807 e. The highest BCUT2D eigenvalue weighted by molar-refractivity contribution is 6.35. The maximum atomic E-state index is 5.94. The van der Waals surface area contributed by atoms with Crippen molar-refractivity contribution in [2.24, 2.45) is 0 Å². The molecule has 0 aliphatic rings. The van der Waals surface area contributed by atoms with Crippen LogP contribution in [0.4, 0.5) is 0 Å². The Labute approximate surface area is 82.2 Å². The molecule has 0 spiro atoms. The Morgan fingerprint density at radius 2 is 2.00 bits per heavy atom. The molecule has 1 aromatic rings. The van der Waals surface area contributed by atoms with Crippen molar-refractivity contribution in [2.45, 2.75) is 13.0 Å². The Balaban J connectivity index is 3.01. The number of benzene rings is 1. The van der Waals surface area contributed by atoms with E-state index < -0.39 is 0 Å². The summed E-state index contributed by atoms with van der Waals surface area (Å²) in [4.78, 5) is 0. The van der Waals surface area contributed by atoms with E-state index >= 15 is 0 Å². The van der Waals surface area contributed by atoms with Gasteiger partial charge in [-0.3, -0.25) is 0 Å². The Morgan fingerprint density at radius 3 is 2.50 bits per heavy atom. The Bertz CT molecular complexity index is 273. The average Bonchev–Trinajstić information content (AvgIpc) is 2.03. The molecule has 0 N–H and O–H groups in total. The number of rotatable bonds is 2. The monoisotopic (exact) mass is 204 g/mol. The molecule has 0 aromatic heterocycles. The van der Waals surface area contributed by atoms with E-state index in [1.807, 2.05) is 13.0 Å². The van der Waals surface area contributed by atoms with Gasteiger partial charge < -0.3 is 4.74 Å². The summed E-state index contributed by atoms with van der Waals surface area (Å²) in [6, 6.07) is 5.39. The van der Waals surface area contributed by atoms with Gasteiger partial charge in [0.2, 0.25) is 0 Å². The third-order valence-electron chi connectivity index (χ3n) is 1.75. The van der Waals surface area contributed by atoms with Crippen molar-refractivity contribution >= 4 is 23.2 Å². The molecule has 12 heavy (non-hydrogen) atoms. The van der Waals surface area contributed by atoms with Gasteiger partial charge in [-0.25, -0.2) is 0 Å². The van der Waals surface area contributed by atoms with Gasteiger partial charge >= 0.3 is 0 Å². The molecule has 3 heteroatoms. The van der Waals surface area contributed by atoms with Crippen LogP contribution in [-0.4, -0.2) is 7.11 Å². The Morgan fingerprint density at radius 1 is 1.33 bits per heavy atom. The third kappa shape index (κ3) is 2.13. The summed E-state index contributed by atoms with van der Waals surface area (Å²) >= 11 is 11.7. The lowest BCUT2D eigenvalue weighted by Gasteiger charge is -2.11. The second-order valence-corrected chi connectivity index (χ2v) is 3.39. The van der Waals surface area contributed by atoms with Crippen molar-refractivity contribution < 1.29 is 4.74 Å². The minimum atomic E-state index is 0.00904. The molecular weight excluding hydrogens is 195 g/mol. The minimum absolute atomic E-state index is 0.00904. The van der Waals surface area contributed by atoms with Crippen LogP contribution in [0.1, 0.15) is 18.6 Å². The van der Waals surface area contributed by atoms with E-state index in [1.165, 1.54) is 0 Å². The van der Waals surface area contributed by atoms with Crippen LogP contribution < -0.4 is 0 Å². The number of ether oxygens (including phenoxy) is 1. The second kappa shape index (κ2) is 4.13. The van der Waals surface area contributed by atoms with Crippen LogP contribution in [0.5, 0.6) is 0 Å². The summed E-state index contributed by atoms with van der Waals surface area (Å²) in [5.41, 5.74) is 0.962. The summed E-state index contributed by atoms with van der Waals surface area (Å²) in [6.07, 6.45) is 0.00904. The van der Waals surface area contributed by atoms with Gasteiger partial charge in [0.15, 0.2) is 0 Å².